The maximum atomic E-state index is 5.63. The van der Waals surface area contributed by atoms with Crippen LogP contribution < -0.4 is 11.3 Å². The summed E-state index contributed by atoms with van der Waals surface area (Å²) in [5.74, 6) is 5.63. The Kier molecular flexibility index (Phi) is 4.71. The molecule has 92 valence electrons. The van der Waals surface area contributed by atoms with Crippen LogP contribution in [0.3, 0.4) is 0 Å². The summed E-state index contributed by atoms with van der Waals surface area (Å²) in [7, 11) is 0. The molecule has 1 atom stereocenters. The Labute approximate surface area is 103 Å². The van der Waals surface area contributed by atoms with Crippen LogP contribution in [0.4, 0.5) is 0 Å². The largest absolute Gasteiger partial charge is 0.271 e. The second kappa shape index (κ2) is 6.52. The molecule has 0 bridgehead atoms. The Hall–Kier alpha value is -1.19. The van der Waals surface area contributed by atoms with Crippen LogP contribution in [0.1, 0.15) is 37.8 Å². The molecule has 17 heavy (non-hydrogen) atoms. The third kappa shape index (κ3) is 3.95. The van der Waals surface area contributed by atoms with E-state index >= 15 is 0 Å². The first-order valence-corrected chi connectivity index (χ1v) is 6.42. The summed E-state index contributed by atoms with van der Waals surface area (Å²) in [4.78, 5) is 4.34. The summed E-state index contributed by atoms with van der Waals surface area (Å²) >= 11 is 0. The van der Waals surface area contributed by atoms with Crippen molar-refractivity contribution < 1.29 is 0 Å². The van der Waals surface area contributed by atoms with E-state index in [1.54, 1.807) is 5.57 Å². The highest BCUT2D eigenvalue weighted by Gasteiger charge is 2.12. The van der Waals surface area contributed by atoms with Gasteiger partial charge in [-0.15, -0.1) is 0 Å². The Balaban J connectivity index is 1.90. The molecule has 0 saturated heterocycles. The molecule has 1 heterocycles. The SMILES string of the molecule is NNC(CC1=CCCCC1)Cc1ccccn1. The van der Waals surface area contributed by atoms with Crippen LogP contribution in [0.25, 0.3) is 0 Å². The molecular weight excluding hydrogens is 210 g/mol. The van der Waals surface area contributed by atoms with Gasteiger partial charge in [0.25, 0.3) is 0 Å². The number of hydrazine groups is 1. The highest BCUT2D eigenvalue weighted by atomic mass is 15.2. The van der Waals surface area contributed by atoms with E-state index in [0.717, 1.165) is 18.5 Å². The minimum absolute atomic E-state index is 0.300. The summed E-state index contributed by atoms with van der Waals surface area (Å²) < 4.78 is 0. The van der Waals surface area contributed by atoms with Crippen molar-refractivity contribution in [2.75, 3.05) is 0 Å². The van der Waals surface area contributed by atoms with Crippen LogP contribution in [0, 0.1) is 0 Å². The van der Waals surface area contributed by atoms with Crippen molar-refractivity contribution >= 4 is 0 Å². The van der Waals surface area contributed by atoms with Crippen molar-refractivity contribution in [2.24, 2.45) is 5.84 Å². The molecule has 0 spiro atoms. The fourth-order valence-electron chi connectivity index (χ4n) is 2.37. The number of hydrogen-bond acceptors (Lipinski definition) is 3. The normalized spacial score (nSPS) is 17.6. The first-order valence-electron chi connectivity index (χ1n) is 6.42. The second-order valence-corrected chi connectivity index (χ2v) is 4.70. The number of allylic oxidation sites excluding steroid dienone is 1. The van der Waals surface area contributed by atoms with E-state index in [4.69, 9.17) is 5.84 Å². The van der Waals surface area contributed by atoms with Crippen molar-refractivity contribution in [3.63, 3.8) is 0 Å². The fourth-order valence-corrected chi connectivity index (χ4v) is 2.37. The topological polar surface area (TPSA) is 50.9 Å². The Morgan fingerprint density at radius 3 is 2.88 bits per heavy atom. The standard InChI is InChI=1S/C14H21N3/c15-17-14(10-12-6-2-1-3-7-12)11-13-8-4-5-9-16-13/h4-6,8-9,14,17H,1-3,7,10-11,15H2. The molecule has 0 aliphatic heterocycles. The number of nitrogens with zero attached hydrogens (tertiary/aromatic N) is 1. The van der Waals surface area contributed by atoms with Gasteiger partial charge in [-0.2, -0.15) is 0 Å². The minimum Gasteiger partial charge on any atom is -0.271 e. The maximum Gasteiger partial charge on any atom is 0.0419 e. The quantitative estimate of drug-likeness (QED) is 0.464. The van der Waals surface area contributed by atoms with E-state index in [1.807, 2.05) is 18.3 Å². The van der Waals surface area contributed by atoms with Crippen LogP contribution >= 0.6 is 0 Å². The van der Waals surface area contributed by atoms with Gasteiger partial charge in [0.15, 0.2) is 0 Å². The molecule has 0 radical (unpaired) electrons. The summed E-state index contributed by atoms with van der Waals surface area (Å²) in [5.41, 5.74) is 5.57. The van der Waals surface area contributed by atoms with E-state index in [1.165, 1.54) is 25.7 Å². The summed E-state index contributed by atoms with van der Waals surface area (Å²) in [6.45, 7) is 0. The molecule has 3 N–H and O–H groups in total. The maximum absolute atomic E-state index is 5.63. The summed E-state index contributed by atoms with van der Waals surface area (Å²) in [6.07, 6.45) is 11.3. The zero-order chi connectivity index (χ0) is 11.9. The molecule has 1 aromatic heterocycles. The number of hydrogen-bond donors (Lipinski definition) is 2. The molecule has 0 amide bonds. The predicted octanol–water partition coefficient (Wildman–Crippen LogP) is 2.35. The van der Waals surface area contributed by atoms with Gasteiger partial charge in [-0.05, 0) is 44.2 Å². The lowest BCUT2D eigenvalue weighted by Gasteiger charge is -2.19. The van der Waals surface area contributed by atoms with Crippen molar-refractivity contribution in [3.8, 4) is 0 Å². The molecule has 0 aromatic carbocycles. The van der Waals surface area contributed by atoms with E-state index < -0.39 is 0 Å². The summed E-state index contributed by atoms with van der Waals surface area (Å²) in [6, 6.07) is 6.32. The number of pyridine rings is 1. The van der Waals surface area contributed by atoms with Gasteiger partial charge in [0.1, 0.15) is 0 Å². The average Bonchev–Trinajstić information content (AvgIpc) is 2.40. The molecule has 0 fully saturated rings. The van der Waals surface area contributed by atoms with Crippen LogP contribution in [-0.4, -0.2) is 11.0 Å². The lowest BCUT2D eigenvalue weighted by atomic mass is 9.93. The molecular formula is C14H21N3. The highest BCUT2D eigenvalue weighted by Crippen LogP contribution is 2.22. The zero-order valence-electron chi connectivity index (χ0n) is 10.2. The Bertz CT molecular complexity index is 359. The second-order valence-electron chi connectivity index (χ2n) is 4.70. The minimum atomic E-state index is 0.300. The molecule has 2 rings (SSSR count). The highest BCUT2D eigenvalue weighted by molar-refractivity contribution is 5.10. The lowest BCUT2D eigenvalue weighted by Crippen LogP contribution is -2.37. The third-order valence-corrected chi connectivity index (χ3v) is 3.31. The monoisotopic (exact) mass is 231 g/mol. The fraction of sp³-hybridized carbons (Fsp3) is 0.500. The van der Waals surface area contributed by atoms with Crippen LogP contribution in [0.15, 0.2) is 36.0 Å². The first kappa shape index (κ1) is 12.3. The van der Waals surface area contributed by atoms with E-state index in [2.05, 4.69) is 22.6 Å². The van der Waals surface area contributed by atoms with Crippen molar-refractivity contribution in [2.45, 2.75) is 44.6 Å². The van der Waals surface area contributed by atoms with Crippen molar-refractivity contribution in [1.82, 2.24) is 10.4 Å². The van der Waals surface area contributed by atoms with E-state index in [9.17, 15) is 0 Å². The molecule has 1 aliphatic carbocycles. The van der Waals surface area contributed by atoms with Gasteiger partial charge in [-0.1, -0.05) is 17.7 Å². The van der Waals surface area contributed by atoms with Gasteiger partial charge in [-0.3, -0.25) is 16.3 Å². The van der Waals surface area contributed by atoms with Gasteiger partial charge in [0, 0.05) is 24.4 Å². The summed E-state index contributed by atoms with van der Waals surface area (Å²) in [5, 5.41) is 0. The number of rotatable bonds is 5. The predicted molar refractivity (Wildman–Crippen MR) is 70.2 cm³/mol. The average molecular weight is 231 g/mol. The molecule has 0 saturated carbocycles. The van der Waals surface area contributed by atoms with Crippen molar-refractivity contribution in [3.05, 3.63) is 41.7 Å². The molecule has 1 aromatic rings. The molecule has 1 unspecified atom stereocenters. The van der Waals surface area contributed by atoms with Crippen LogP contribution in [0.5, 0.6) is 0 Å². The molecule has 1 aliphatic rings. The zero-order valence-corrected chi connectivity index (χ0v) is 10.2. The van der Waals surface area contributed by atoms with Gasteiger partial charge in [-0.25, -0.2) is 0 Å². The Morgan fingerprint density at radius 2 is 2.24 bits per heavy atom. The van der Waals surface area contributed by atoms with Gasteiger partial charge >= 0.3 is 0 Å². The van der Waals surface area contributed by atoms with Gasteiger partial charge < -0.3 is 0 Å². The Morgan fingerprint density at radius 1 is 1.29 bits per heavy atom. The van der Waals surface area contributed by atoms with Gasteiger partial charge in [0.2, 0.25) is 0 Å². The smallest absolute Gasteiger partial charge is 0.0419 e. The van der Waals surface area contributed by atoms with Crippen molar-refractivity contribution in [1.29, 1.82) is 0 Å². The number of aromatic nitrogens is 1. The molecule has 3 heteroatoms. The van der Waals surface area contributed by atoms with E-state index in [0.29, 0.717) is 6.04 Å². The molecule has 3 nitrogen and oxygen atoms in total. The number of nitrogens with one attached hydrogen (secondary N) is 1. The first-order chi connectivity index (χ1) is 8.38. The third-order valence-electron chi connectivity index (χ3n) is 3.31. The van der Waals surface area contributed by atoms with Crippen LogP contribution in [0.2, 0.25) is 0 Å². The lowest BCUT2D eigenvalue weighted by molar-refractivity contribution is 0.500. The number of nitrogens with two attached hydrogens (primary N) is 1. The van der Waals surface area contributed by atoms with Gasteiger partial charge in [0.05, 0.1) is 0 Å². The van der Waals surface area contributed by atoms with Crippen LogP contribution in [-0.2, 0) is 6.42 Å². The van der Waals surface area contributed by atoms with E-state index in [-0.39, 0.29) is 0 Å².